The van der Waals surface area contributed by atoms with Crippen LogP contribution in [-0.2, 0) is 4.74 Å². The van der Waals surface area contributed by atoms with Crippen LogP contribution in [0.3, 0.4) is 0 Å². The van der Waals surface area contributed by atoms with Gasteiger partial charge >= 0.3 is 0 Å². The Kier molecular flexibility index (Phi) is 7.06. The Balaban J connectivity index is 2.10. The zero-order chi connectivity index (χ0) is 11.8. The van der Waals surface area contributed by atoms with Crippen molar-refractivity contribution in [1.82, 2.24) is 5.32 Å². The highest BCUT2D eigenvalue weighted by Crippen LogP contribution is 2.19. The van der Waals surface area contributed by atoms with Gasteiger partial charge in [0.15, 0.2) is 0 Å². The van der Waals surface area contributed by atoms with Gasteiger partial charge in [0.05, 0.1) is 6.10 Å². The summed E-state index contributed by atoms with van der Waals surface area (Å²) in [5, 5.41) is 3.65. The molecule has 0 aliphatic carbocycles. The number of hydrogen-bond acceptors (Lipinski definition) is 2. The standard InChI is InChI=1S/C14H29NO/c1-4-10-15-14(12(2)3)9-5-7-13-8-6-11-16-13/h12-15H,4-11H2,1-3H3. The van der Waals surface area contributed by atoms with Gasteiger partial charge in [-0.2, -0.15) is 0 Å². The highest BCUT2D eigenvalue weighted by Gasteiger charge is 2.17. The molecule has 2 unspecified atom stereocenters. The van der Waals surface area contributed by atoms with Gasteiger partial charge < -0.3 is 10.1 Å². The minimum absolute atomic E-state index is 0.569. The van der Waals surface area contributed by atoms with E-state index >= 15 is 0 Å². The van der Waals surface area contributed by atoms with Crippen LogP contribution in [0.5, 0.6) is 0 Å². The van der Waals surface area contributed by atoms with Crippen LogP contribution in [-0.4, -0.2) is 25.3 Å². The van der Waals surface area contributed by atoms with Crippen molar-refractivity contribution in [2.24, 2.45) is 5.92 Å². The van der Waals surface area contributed by atoms with Gasteiger partial charge in [-0.05, 0) is 51.0 Å². The summed E-state index contributed by atoms with van der Waals surface area (Å²) in [6, 6.07) is 0.696. The van der Waals surface area contributed by atoms with E-state index in [-0.39, 0.29) is 0 Å². The third-order valence-corrected chi connectivity index (χ3v) is 3.53. The lowest BCUT2D eigenvalue weighted by atomic mass is 9.97. The number of ether oxygens (including phenoxy) is 1. The van der Waals surface area contributed by atoms with Crippen molar-refractivity contribution in [3.63, 3.8) is 0 Å². The largest absolute Gasteiger partial charge is 0.378 e. The second-order valence-electron chi connectivity index (χ2n) is 5.37. The van der Waals surface area contributed by atoms with E-state index in [1.54, 1.807) is 0 Å². The molecule has 0 spiro atoms. The van der Waals surface area contributed by atoms with E-state index in [1.165, 1.54) is 38.5 Å². The molecule has 1 heterocycles. The quantitative estimate of drug-likeness (QED) is 0.686. The average Bonchev–Trinajstić information content (AvgIpc) is 2.75. The predicted octanol–water partition coefficient (Wildman–Crippen LogP) is 3.36. The molecule has 0 amide bonds. The molecule has 0 aromatic rings. The number of nitrogens with one attached hydrogen (secondary N) is 1. The summed E-state index contributed by atoms with van der Waals surface area (Å²) in [6.45, 7) is 9.02. The Labute approximate surface area is 101 Å². The van der Waals surface area contributed by atoms with Crippen LogP contribution in [0.25, 0.3) is 0 Å². The van der Waals surface area contributed by atoms with Gasteiger partial charge in [0.2, 0.25) is 0 Å². The maximum atomic E-state index is 5.66. The van der Waals surface area contributed by atoms with E-state index in [4.69, 9.17) is 4.74 Å². The van der Waals surface area contributed by atoms with E-state index < -0.39 is 0 Å². The van der Waals surface area contributed by atoms with E-state index in [2.05, 4.69) is 26.1 Å². The maximum Gasteiger partial charge on any atom is 0.0576 e. The van der Waals surface area contributed by atoms with Crippen LogP contribution < -0.4 is 5.32 Å². The molecule has 16 heavy (non-hydrogen) atoms. The van der Waals surface area contributed by atoms with Crippen molar-refractivity contribution < 1.29 is 4.74 Å². The Hall–Kier alpha value is -0.0800. The summed E-state index contributed by atoms with van der Waals surface area (Å²) < 4.78 is 5.66. The molecule has 96 valence electrons. The molecule has 0 saturated carbocycles. The van der Waals surface area contributed by atoms with Gasteiger partial charge in [0, 0.05) is 12.6 Å². The van der Waals surface area contributed by atoms with Gasteiger partial charge in [-0.3, -0.25) is 0 Å². The summed E-state index contributed by atoms with van der Waals surface area (Å²) >= 11 is 0. The predicted molar refractivity (Wildman–Crippen MR) is 69.7 cm³/mol. The van der Waals surface area contributed by atoms with Crippen molar-refractivity contribution in [2.75, 3.05) is 13.2 Å². The monoisotopic (exact) mass is 227 g/mol. The maximum absolute atomic E-state index is 5.66. The Morgan fingerprint density at radius 1 is 1.38 bits per heavy atom. The molecule has 0 radical (unpaired) electrons. The first kappa shape index (κ1) is 14.0. The Morgan fingerprint density at radius 2 is 2.19 bits per heavy atom. The number of rotatable bonds is 8. The normalized spacial score (nSPS) is 22.9. The van der Waals surface area contributed by atoms with Crippen LogP contribution in [0, 0.1) is 5.92 Å². The highest BCUT2D eigenvalue weighted by atomic mass is 16.5. The SMILES string of the molecule is CCCNC(CCCC1CCCO1)C(C)C. The van der Waals surface area contributed by atoms with Crippen LogP contribution in [0.2, 0.25) is 0 Å². The molecule has 0 aromatic heterocycles. The molecule has 1 aliphatic heterocycles. The zero-order valence-corrected chi connectivity index (χ0v) is 11.3. The van der Waals surface area contributed by atoms with Gasteiger partial charge in [-0.1, -0.05) is 20.8 Å². The molecule has 0 bridgehead atoms. The van der Waals surface area contributed by atoms with Crippen molar-refractivity contribution in [2.45, 2.75) is 71.4 Å². The molecular formula is C14H29NO. The topological polar surface area (TPSA) is 21.3 Å². The van der Waals surface area contributed by atoms with Crippen molar-refractivity contribution in [3.05, 3.63) is 0 Å². The average molecular weight is 227 g/mol. The Morgan fingerprint density at radius 3 is 2.75 bits per heavy atom. The first-order chi connectivity index (χ1) is 7.74. The molecule has 2 nitrogen and oxygen atoms in total. The van der Waals surface area contributed by atoms with Crippen molar-refractivity contribution in [3.8, 4) is 0 Å². The van der Waals surface area contributed by atoms with Crippen LogP contribution >= 0.6 is 0 Å². The fourth-order valence-electron chi connectivity index (χ4n) is 2.44. The van der Waals surface area contributed by atoms with Crippen LogP contribution in [0.1, 0.15) is 59.3 Å². The highest BCUT2D eigenvalue weighted by molar-refractivity contribution is 4.72. The van der Waals surface area contributed by atoms with E-state index in [0.29, 0.717) is 12.1 Å². The lowest BCUT2D eigenvalue weighted by molar-refractivity contribution is 0.101. The van der Waals surface area contributed by atoms with Gasteiger partial charge in [-0.15, -0.1) is 0 Å². The van der Waals surface area contributed by atoms with E-state index in [9.17, 15) is 0 Å². The van der Waals surface area contributed by atoms with E-state index in [1.807, 2.05) is 0 Å². The van der Waals surface area contributed by atoms with Gasteiger partial charge in [0.1, 0.15) is 0 Å². The summed E-state index contributed by atoms with van der Waals surface area (Å²) in [4.78, 5) is 0. The van der Waals surface area contributed by atoms with Crippen LogP contribution in [0.4, 0.5) is 0 Å². The smallest absolute Gasteiger partial charge is 0.0576 e. The van der Waals surface area contributed by atoms with Gasteiger partial charge in [0.25, 0.3) is 0 Å². The van der Waals surface area contributed by atoms with E-state index in [0.717, 1.165) is 19.1 Å². The molecule has 1 fully saturated rings. The number of hydrogen-bond donors (Lipinski definition) is 1. The molecule has 1 rings (SSSR count). The zero-order valence-electron chi connectivity index (χ0n) is 11.3. The first-order valence-electron chi connectivity index (χ1n) is 7.09. The Bertz CT molecular complexity index is 164. The first-order valence-corrected chi connectivity index (χ1v) is 7.09. The fourth-order valence-corrected chi connectivity index (χ4v) is 2.44. The van der Waals surface area contributed by atoms with Gasteiger partial charge in [-0.25, -0.2) is 0 Å². The van der Waals surface area contributed by atoms with Crippen LogP contribution in [0.15, 0.2) is 0 Å². The second-order valence-corrected chi connectivity index (χ2v) is 5.37. The summed E-state index contributed by atoms with van der Waals surface area (Å²) in [7, 11) is 0. The molecule has 2 heteroatoms. The lowest BCUT2D eigenvalue weighted by Crippen LogP contribution is -2.34. The molecule has 1 N–H and O–H groups in total. The molecular weight excluding hydrogens is 198 g/mol. The minimum atomic E-state index is 0.569. The third-order valence-electron chi connectivity index (χ3n) is 3.53. The third kappa shape index (κ3) is 5.31. The summed E-state index contributed by atoms with van der Waals surface area (Å²) in [5.41, 5.74) is 0. The summed E-state index contributed by atoms with van der Waals surface area (Å²) in [6.07, 6.45) is 8.23. The molecule has 0 aromatic carbocycles. The second kappa shape index (κ2) is 8.08. The molecule has 2 atom stereocenters. The lowest BCUT2D eigenvalue weighted by Gasteiger charge is -2.22. The summed E-state index contributed by atoms with van der Waals surface area (Å²) in [5.74, 6) is 0.746. The fraction of sp³-hybridized carbons (Fsp3) is 1.00. The van der Waals surface area contributed by atoms with Crippen molar-refractivity contribution >= 4 is 0 Å². The van der Waals surface area contributed by atoms with Crippen molar-refractivity contribution in [1.29, 1.82) is 0 Å². The molecule has 1 aliphatic rings. The minimum Gasteiger partial charge on any atom is -0.378 e. The molecule has 1 saturated heterocycles.